The first kappa shape index (κ1) is 18.7. The van der Waals surface area contributed by atoms with Crippen molar-refractivity contribution in [3.63, 3.8) is 0 Å². The van der Waals surface area contributed by atoms with Crippen molar-refractivity contribution in [2.75, 3.05) is 33.3 Å². The molecule has 6 heteroatoms. The number of piperazine rings is 1. The maximum absolute atomic E-state index is 5.87. The molecule has 1 aliphatic rings. The van der Waals surface area contributed by atoms with Crippen molar-refractivity contribution in [3.05, 3.63) is 65.5 Å². The Labute approximate surface area is 165 Å². The molecular formula is C22H28N4O2+2. The van der Waals surface area contributed by atoms with Gasteiger partial charge in [0.05, 0.1) is 7.11 Å². The molecule has 0 unspecified atom stereocenters. The van der Waals surface area contributed by atoms with Gasteiger partial charge in [-0.2, -0.15) is 0 Å². The van der Waals surface area contributed by atoms with Gasteiger partial charge in [-0.05, 0) is 31.2 Å². The highest BCUT2D eigenvalue weighted by Crippen LogP contribution is 2.18. The number of hydrogen-bond acceptors (Lipinski definition) is 4. The molecule has 146 valence electrons. The first-order valence-electron chi connectivity index (χ1n) is 9.89. The number of ether oxygens (including phenoxy) is 1. The summed E-state index contributed by atoms with van der Waals surface area (Å²) in [6.07, 6.45) is 0. The van der Waals surface area contributed by atoms with E-state index in [1.807, 2.05) is 30.3 Å². The van der Waals surface area contributed by atoms with Gasteiger partial charge in [0.2, 0.25) is 5.89 Å². The minimum absolute atomic E-state index is 0.603. The number of nitrogens with zero attached hydrogens (tertiary/aromatic N) is 2. The van der Waals surface area contributed by atoms with Crippen LogP contribution in [0.5, 0.6) is 5.75 Å². The molecule has 28 heavy (non-hydrogen) atoms. The largest absolute Gasteiger partial charge is 0.496 e. The standard InChI is InChI=1S/C22H26N4O2/c1-17-8-9-20(27-2)19(14-17)15-25-10-12-26(13-11-25)16-21-23-24-22(28-21)18-6-4-3-5-7-18/h3-9,14H,10-13,15-16H2,1-2H3/p+2. The molecule has 6 nitrogen and oxygen atoms in total. The summed E-state index contributed by atoms with van der Waals surface area (Å²) in [6.45, 7) is 8.41. The van der Waals surface area contributed by atoms with Crippen LogP contribution in [0.15, 0.2) is 52.9 Å². The van der Waals surface area contributed by atoms with E-state index in [4.69, 9.17) is 9.15 Å². The van der Waals surface area contributed by atoms with Gasteiger partial charge >= 0.3 is 0 Å². The molecule has 1 saturated heterocycles. The Morgan fingerprint density at radius 2 is 1.64 bits per heavy atom. The normalized spacial score (nSPS) is 19.5. The lowest BCUT2D eigenvalue weighted by Gasteiger charge is -2.29. The van der Waals surface area contributed by atoms with Crippen molar-refractivity contribution in [1.82, 2.24) is 10.2 Å². The minimum atomic E-state index is 0.603. The highest BCUT2D eigenvalue weighted by molar-refractivity contribution is 5.51. The van der Waals surface area contributed by atoms with Gasteiger partial charge in [0.25, 0.3) is 5.89 Å². The second-order valence-corrected chi connectivity index (χ2v) is 7.54. The topological polar surface area (TPSA) is 57.0 Å². The maximum atomic E-state index is 5.87. The van der Waals surface area contributed by atoms with Crippen LogP contribution in [0.2, 0.25) is 0 Å². The Balaban J connectivity index is 1.31. The summed E-state index contributed by atoms with van der Waals surface area (Å²) in [5.74, 6) is 2.32. The van der Waals surface area contributed by atoms with E-state index in [9.17, 15) is 0 Å². The van der Waals surface area contributed by atoms with Crippen molar-refractivity contribution in [1.29, 1.82) is 0 Å². The molecule has 0 spiro atoms. The smallest absolute Gasteiger partial charge is 0.271 e. The fourth-order valence-electron chi connectivity index (χ4n) is 3.86. The van der Waals surface area contributed by atoms with E-state index < -0.39 is 0 Å². The second kappa shape index (κ2) is 8.54. The molecule has 0 amide bonds. The number of aryl methyl sites for hydroxylation is 1. The van der Waals surface area contributed by atoms with Crippen molar-refractivity contribution < 1.29 is 19.0 Å². The maximum Gasteiger partial charge on any atom is 0.271 e. The lowest BCUT2D eigenvalue weighted by Crippen LogP contribution is -3.27. The average Bonchev–Trinajstić information content (AvgIpc) is 3.19. The number of nitrogens with one attached hydrogen (secondary N) is 2. The zero-order valence-corrected chi connectivity index (χ0v) is 16.6. The lowest BCUT2D eigenvalue weighted by atomic mass is 10.1. The number of benzene rings is 2. The summed E-state index contributed by atoms with van der Waals surface area (Å²) in [5, 5.41) is 8.45. The van der Waals surface area contributed by atoms with Crippen LogP contribution in [0, 0.1) is 6.92 Å². The first-order valence-corrected chi connectivity index (χ1v) is 9.89. The lowest BCUT2D eigenvalue weighted by molar-refractivity contribution is -1.02. The van der Waals surface area contributed by atoms with Crippen LogP contribution in [0.1, 0.15) is 17.0 Å². The molecule has 1 fully saturated rings. The molecule has 1 aromatic heterocycles. The number of quaternary nitrogens is 2. The molecule has 0 aliphatic carbocycles. The Morgan fingerprint density at radius 1 is 0.929 bits per heavy atom. The fraction of sp³-hybridized carbons (Fsp3) is 0.364. The van der Waals surface area contributed by atoms with Gasteiger partial charge in [0.15, 0.2) is 6.54 Å². The zero-order valence-electron chi connectivity index (χ0n) is 16.6. The minimum Gasteiger partial charge on any atom is -0.496 e. The molecule has 0 radical (unpaired) electrons. The average molecular weight is 380 g/mol. The van der Waals surface area contributed by atoms with Gasteiger partial charge in [-0.3, -0.25) is 0 Å². The van der Waals surface area contributed by atoms with E-state index in [0.29, 0.717) is 5.89 Å². The van der Waals surface area contributed by atoms with Crippen LogP contribution < -0.4 is 14.5 Å². The Hall–Kier alpha value is -2.70. The molecule has 2 aromatic carbocycles. The van der Waals surface area contributed by atoms with E-state index >= 15 is 0 Å². The molecule has 1 aliphatic heterocycles. The van der Waals surface area contributed by atoms with Gasteiger partial charge in [-0.15, -0.1) is 10.2 Å². The number of rotatable bonds is 6. The molecular weight excluding hydrogens is 352 g/mol. The molecule has 0 atom stereocenters. The van der Waals surface area contributed by atoms with Gasteiger partial charge in [-0.25, -0.2) is 0 Å². The van der Waals surface area contributed by atoms with Crippen LogP contribution in [0.25, 0.3) is 11.5 Å². The summed E-state index contributed by atoms with van der Waals surface area (Å²) < 4.78 is 11.4. The van der Waals surface area contributed by atoms with Gasteiger partial charge in [-0.1, -0.05) is 29.8 Å². The van der Waals surface area contributed by atoms with E-state index in [2.05, 4.69) is 35.3 Å². The van der Waals surface area contributed by atoms with Gasteiger partial charge in [0.1, 0.15) is 38.5 Å². The van der Waals surface area contributed by atoms with Gasteiger partial charge < -0.3 is 19.0 Å². The highest BCUT2D eigenvalue weighted by Gasteiger charge is 2.25. The van der Waals surface area contributed by atoms with Crippen LogP contribution in [0.3, 0.4) is 0 Å². The number of hydrogen-bond donors (Lipinski definition) is 2. The van der Waals surface area contributed by atoms with Crippen molar-refractivity contribution in [2.45, 2.75) is 20.0 Å². The SMILES string of the molecule is COc1ccc(C)cc1C[NH+]1CC[NH+](Cc2nnc(-c3ccccc3)o2)CC1. The zero-order chi connectivity index (χ0) is 19.3. The van der Waals surface area contributed by atoms with Gasteiger partial charge in [0, 0.05) is 11.1 Å². The van der Waals surface area contributed by atoms with Crippen LogP contribution >= 0.6 is 0 Å². The van der Waals surface area contributed by atoms with Crippen LogP contribution in [0.4, 0.5) is 0 Å². The van der Waals surface area contributed by atoms with E-state index in [-0.39, 0.29) is 0 Å². The quantitative estimate of drug-likeness (QED) is 0.655. The van der Waals surface area contributed by atoms with Crippen LogP contribution in [-0.2, 0) is 13.1 Å². The predicted octanol–water partition coefficient (Wildman–Crippen LogP) is 0.537. The number of aromatic nitrogens is 2. The number of methoxy groups -OCH3 is 1. The molecule has 2 heterocycles. The second-order valence-electron chi connectivity index (χ2n) is 7.54. The predicted molar refractivity (Wildman–Crippen MR) is 106 cm³/mol. The van der Waals surface area contributed by atoms with E-state index in [1.54, 1.807) is 12.0 Å². The molecule has 2 N–H and O–H groups in total. The molecule has 3 aromatic rings. The first-order chi connectivity index (χ1) is 13.7. The summed E-state index contributed by atoms with van der Waals surface area (Å²) in [5.41, 5.74) is 3.55. The molecule has 0 saturated carbocycles. The van der Waals surface area contributed by atoms with Crippen molar-refractivity contribution in [2.24, 2.45) is 0 Å². The molecule has 4 rings (SSSR count). The third kappa shape index (κ3) is 4.40. The Morgan fingerprint density at radius 3 is 2.36 bits per heavy atom. The van der Waals surface area contributed by atoms with E-state index in [0.717, 1.165) is 56.5 Å². The monoisotopic (exact) mass is 380 g/mol. The summed E-state index contributed by atoms with van der Waals surface area (Å²) in [6, 6.07) is 16.4. The third-order valence-corrected chi connectivity index (χ3v) is 5.43. The van der Waals surface area contributed by atoms with Crippen molar-refractivity contribution >= 4 is 0 Å². The fourth-order valence-corrected chi connectivity index (χ4v) is 3.86. The summed E-state index contributed by atoms with van der Waals surface area (Å²) in [4.78, 5) is 3.10. The third-order valence-electron chi connectivity index (χ3n) is 5.43. The van der Waals surface area contributed by atoms with Crippen LogP contribution in [-0.4, -0.2) is 43.5 Å². The highest BCUT2D eigenvalue weighted by atomic mass is 16.5. The van der Waals surface area contributed by atoms with Crippen molar-refractivity contribution in [3.8, 4) is 17.2 Å². The Bertz CT molecular complexity index is 902. The molecule has 0 bridgehead atoms. The summed E-state index contributed by atoms with van der Waals surface area (Å²) >= 11 is 0. The van der Waals surface area contributed by atoms with E-state index in [1.165, 1.54) is 16.0 Å². The Kier molecular flexibility index (Phi) is 5.69. The summed E-state index contributed by atoms with van der Waals surface area (Å²) in [7, 11) is 1.75.